The Morgan fingerprint density at radius 2 is 1.73 bits per heavy atom. The second-order valence-corrected chi connectivity index (χ2v) is 3.16. The van der Waals surface area contributed by atoms with E-state index < -0.39 is 36.7 Å². The fourth-order valence-corrected chi connectivity index (χ4v) is 1.35. The molecule has 0 unspecified atom stereocenters. The summed E-state index contributed by atoms with van der Waals surface area (Å²) in [6, 6.07) is 0. The van der Waals surface area contributed by atoms with E-state index in [2.05, 4.69) is 4.74 Å². The van der Waals surface area contributed by atoms with E-state index in [0.717, 1.165) is 7.11 Å². The lowest BCUT2D eigenvalue weighted by Gasteiger charge is -2.38. The van der Waals surface area contributed by atoms with Gasteiger partial charge in [0.1, 0.15) is 18.3 Å². The van der Waals surface area contributed by atoms with Gasteiger partial charge in [-0.05, 0) is 0 Å². The Hall–Kier alpha value is -0.730. The SMILES string of the molecule is COC(=O)[C@@H]1O[C@@H](OC)[C@H](O)[C@@H](O)[C@@H]1O. The molecular formula is C8H14O7. The quantitative estimate of drug-likeness (QED) is 0.448. The minimum absolute atomic E-state index is 0.837. The lowest BCUT2D eigenvalue weighted by atomic mass is 9.99. The number of aliphatic hydroxyl groups excluding tert-OH is 3. The van der Waals surface area contributed by atoms with E-state index in [1.165, 1.54) is 7.11 Å². The maximum absolute atomic E-state index is 11.1. The largest absolute Gasteiger partial charge is 0.467 e. The van der Waals surface area contributed by atoms with Gasteiger partial charge in [-0.1, -0.05) is 0 Å². The van der Waals surface area contributed by atoms with E-state index in [0.29, 0.717) is 0 Å². The first-order chi connectivity index (χ1) is 7.02. The minimum atomic E-state index is -1.54. The molecule has 0 saturated carbocycles. The number of rotatable bonds is 2. The van der Waals surface area contributed by atoms with Gasteiger partial charge >= 0.3 is 5.97 Å². The van der Waals surface area contributed by atoms with Crippen molar-refractivity contribution < 1.29 is 34.3 Å². The smallest absolute Gasteiger partial charge is 0.337 e. The van der Waals surface area contributed by atoms with Gasteiger partial charge < -0.3 is 29.5 Å². The molecule has 1 heterocycles. The van der Waals surface area contributed by atoms with Crippen LogP contribution in [0.4, 0.5) is 0 Å². The molecule has 1 aliphatic heterocycles. The van der Waals surface area contributed by atoms with Crippen molar-refractivity contribution in [2.24, 2.45) is 0 Å². The number of carbonyl (C=O) groups is 1. The summed E-state index contributed by atoms with van der Waals surface area (Å²) in [5, 5.41) is 28.2. The molecule has 0 spiro atoms. The predicted octanol–water partition coefficient (Wildman–Crippen LogP) is -2.39. The topological polar surface area (TPSA) is 105 Å². The first kappa shape index (κ1) is 12.3. The minimum Gasteiger partial charge on any atom is -0.467 e. The first-order valence-electron chi connectivity index (χ1n) is 4.33. The fraction of sp³-hybridized carbons (Fsp3) is 0.875. The molecule has 0 amide bonds. The number of hydrogen-bond donors (Lipinski definition) is 3. The Labute approximate surface area is 86.2 Å². The number of carbonyl (C=O) groups excluding carboxylic acids is 1. The second-order valence-electron chi connectivity index (χ2n) is 3.16. The van der Waals surface area contributed by atoms with Crippen molar-refractivity contribution in [1.82, 2.24) is 0 Å². The second kappa shape index (κ2) is 4.86. The van der Waals surface area contributed by atoms with Crippen LogP contribution in [0.3, 0.4) is 0 Å². The highest BCUT2D eigenvalue weighted by Crippen LogP contribution is 2.22. The molecule has 88 valence electrons. The first-order valence-corrected chi connectivity index (χ1v) is 4.33. The van der Waals surface area contributed by atoms with Gasteiger partial charge in [-0.3, -0.25) is 0 Å². The van der Waals surface area contributed by atoms with Crippen LogP contribution >= 0.6 is 0 Å². The van der Waals surface area contributed by atoms with E-state index in [1.54, 1.807) is 0 Å². The van der Waals surface area contributed by atoms with Crippen LogP contribution in [0.15, 0.2) is 0 Å². The maximum atomic E-state index is 11.1. The fourth-order valence-electron chi connectivity index (χ4n) is 1.35. The van der Waals surface area contributed by atoms with E-state index in [1.807, 2.05) is 0 Å². The summed E-state index contributed by atoms with van der Waals surface area (Å²) < 4.78 is 14.0. The van der Waals surface area contributed by atoms with Gasteiger partial charge in [-0.2, -0.15) is 0 Å². The average Bonchev–Trinajstić information content (AvgIpc) is 2.25. The van der Waals surface area contributed by atoms with Crippen molar-refractivity contribution in [3.8, 4) is 0 Å². The Bertz CT molecular complexity index is 229. The molecule has 0 radical (unpaired) electrons. The number of esters is 1. The molecule has 1 fully saturated rings. The van der Waals surface area contributed by atoms with Crippen LogP contribution in [0.25, 0.3) is 0 Å². The average molecular weight is 222 g/mol. The monoisotopic (exact) mass is 222 g/mol. The van der Waals surface area contributed by atoms with E-state index in [4.69, 9.17) is 9.47 Å². The molecule has 7 nitrogen and oxygen atoms in total. The van der Waals surface area contributed by atoms with Gasteiger partial charge in [-0.15, -0.1) is 0 Å². The summed E-state index contributed by atoms with van der Waals surface area (Å²) >= 11 is 0. The number of ether oxygens (including phenoxy) is 3. The van der Waals surface area contributed by atoms with Crippen LogP contribution in [0.5, 0.6) is 0 Å². The highest BCUT2D eigenvalue weighted by molar-refractivity contribution is 5.75. The molecule has 0 aromatic rings. The normalized spacial score (nSPS) is 41.3. The third-order valence-electron chi connectivity index (χ3n) is 2.24. The zero-order chi connectivity index (χ0) is 11.6. The number of hydrogen-bond acceptors (Lipinski definition) is 7. The molecular weight excluding hydrogens is 208 g/mol. The highest BCUT2D eigenvalue weighted by Gasteiger charge is 2.47. The molecule has 5 atom stereocenters. The van der Waals surface area contributed by atoms with Gasteiger partial charge in [0.05, 0.1) is 7.11 Å². The van der Waals surface area contributed by atoms with Crippen molar-refractivity contribution in [3.05, 3.63) is 0 Å². The molecule has 0 aliphatic carbocycles. The zero-order valence-electron chi connectivity index (χ0n) is 8.36. The molecule has 0 aromatic heterocycles. The highest BCUT2D eigenvalue weighted by atomic mass is 16.7. The standard InChI is InChI=1S/C8H14O7/c1-13-7(12)6-4(10)3(9)5(11)8(14-2)15-6/h3-6,8-11H,1-2H3/t3-,4-,5+,6+,8+/m0/s1. The Balaban J connectivity index is 2.78. The van der Waals surface area contributed by atoms with Crippen LogP contribution < -0.4 is 0 Å². The zero-order valence-corrected chi connectivity index (χ0v) is 8.36. The lowest BCUT2D eigenvalue weighted by molar-refractivity contribution is -0.288. The summed E-state index contributed by atoms with van der Waals surface area (Å²) in [7, 11) is 2.37. The van der Waals surface area contributed by atoms with Gasteiger partial charge in [-0.25, -0.2) is 4.79 Å². The van der Waals surface area contributed by atoms with Gasteiger partial charge in [0.15, 0.2) is 12.4 Å². The van der Waals surface area contributed by atoms with Crippen molar-refractivity contribution >= 4 is 5.97 Å². The summed E-state index contributed by atoms with van der Waals surface area (Å²) in [6.07, 6.45) is -7.01. The molecule has 3 N–H and O–H groups in total. The molecule has 1 rings (SSSR count). The van der Waals surface area contributed by atoms with Gasteiger partial charge in [0, 0.05) is 7.11 Å². The molecule has 7 heteroatoms. The Morgan fingerprint density at radius 1 is 1.13 bits per heavy atom. The molecule has 0 aromatic carbocycles. The van der Waals surface area contributed by atoms with E-state index >= 15 is 0 Å². The van der Waals surface area contributed by atoms with Crippen molar-refractivity contribution in [2.45, 2.75) is 30.7 Å². The van der Waals surface area contributed by atoms with E-state index in [-0.39, 0.29) is 0 Å². The third-order valence-corrected chi connectivity index (χ3v) is 2.24. The van der Waals surface area contributed by atoms with Crippen molar-refractivity contribution in [1.29, 1.82) is 0 Å². The lowest BCUT2D eigenvalue weighted by Crippen LogP contribution is -2.60. The molecule has 15 heavy (non-hydrogen) atoms. The number of aliphatic hydroxyl groups is 3. The summed E-state index contributed by atoms with van der Waals surface area (Å²) in [6.45, 7) is 0. The van der Waals surface area contributed by atoms with Crippen LogP contribution in [-0.2, 0) is 19.0 Å². The molecule has 1 aliphatic rings. The van der Waals surface area contributed by atoms with Crippen LogP contribution in [0.1, 0.15) is 0 Å². The Kier molecular flexibility index (Phi) is 4.00. The maximum Gasteiger partial charge on any atom is 0.337 e. The summed E-state index contributed by atoms with van der Waals surface area (Å²) in [5.41, 5.74) is 0. The van der Waals surface area contributed by atoms with Crippen molar-refractivity contribution in [3.63, 3.8) is 0 Å². The summed E-state index contributed by atoms with van der Waals surface area (Å²) in [5.74, 6) is -0.837. The van der Waals surface area contributed by atoms with Crippen LogP contribution in [0, 0.1) is 0 Å². The van der Waals surface area contributed by atoms with Gasteiger partial charge in [0.25, 0.3) is 0 Å². The van der Waals surface area contributed by atoms with Crippen molar-refractivity contribution in [2.75, 3.05) is 14.2 Å². The Morgan fingerprint density at radius 3 is 2.20 bits per heavy atom. The summed E-state index contributed by atoms with van der Waals surface area (Å²) in [4.78, 5) is 11.1. The van der Waals surface area contributed by atoms with Crippen LogP contribution in [0.2, 0.25) is 0 Å². The number of methoxy groups -OCH3 is 2. The van der Waals surface area contributed by atoms with E-state index in [9.17, 15) is 20.1 Å². The predicted molar refractivity (Wildman–Crippen MR) is 45.7 cm³/mol. The third kappa shape index (κ3) is 2.27. The molecule has 1 saturated heterocycles. The van der Waals surface area contributed by atoms with Crippen LogP contribution in [-0.4, -0.2) is 66.2 Å². The molecule has 0 bridgehead atoms. The van der Waals surface area contributed by atoms with Gasteiger partial charge in [0.2, 0.25) is 0 Å².